The molecule has 0 aliphatic carbocycles. The van der Waals surface area contributed by atoms with Crippen LogP contribution in [-0.4, -0.2) is 27.7 Å². The van der Waals surface area contributed by atoms with Gasteiger partial charge in [0.25, 0.3) is 0 Å². The quantitative estimate of drug-likeness (QED) is 0.366. The van der Waals surface area contributed by atoms with Gasteiger partial charge in [0.1, 0.15) is 17.2 Å². The molecule has 0 fully saturated rings. The number of benzene rings is 1. The molecule has 0 radical (unpaired) electrons. The molecule has 0 unspecified atom stereocenters. The van der Waals surface area contributed by atoms with Gasteiger partial charge in [-0.3, -0.25) is 4.57 Å². The summed E-state index contributed by atoms with van der Waals surface area (Å²) in [5.41, 5.74) is -1.53. The number of hydrogen-bond donors (Lipinski definition) is 2. The number of rotatable bonds is 7. The highest BCUT2D eigenvalue weighted by molar-refractivity contribution is 5.79. The lowest BCUT2D eigenvalue weighted by molar-refractivity contribution is -0.138. The summed E-state index contributed by atoms with van der Waals surface area (Å²) >= 11 is 0. The summed E-state index contributed by atoms with van der Waals surface area (Å²) in [6.07, 6.45) is -2.21. The molecule has 31 heavy (non-hydrogen) atoms. The molecule has 6 nitrogen and oxygen atoms in total. The Kier molecular flexibility index (Phi) is 7.85. The predicted molar refractivity (Wildman–Crippen MR) is 107 cm³/mol. The Labute approximate surface area is 177 Å². The number of imidazole rings is 1. The summed E-state index contributed by atoms with van der Waals surface area (Å²) in [6.45, 7) is 4.33. The lowest BCUT2D eigenvalue weighted by Crippen LogP contribution is -2.37. The first-order chi connectivity index (χ1) is 14.4. The van der Waals surface area contributed by atoms with E-state index in [2.05, 4.69) is 20.6 Å². The second-order valence-electron chi connectivity index (χ2n) is 7.61. The van der Waals surface area contributed by atoms with Crippen LogP contribution in [0, 0.1) is 0 Å². The fourth-order valence-corrected chi connectivity index (χ4v) is 2.70. The maximum absolute atomic E-state index is 13.6. The van der Waals surface area contributed by atoms with Gasteiger partial charge in [0.2, 0.25) is 0 Å². The highest BCUT2D eigenvalue weighted by atomic mass is 19.4. The molecule has 172 valence electrons. The van der Waals surface area contributed by atoms with Gasteiger partial charge in [-0.1, -0.05) is 6.07 Å². The van der Waals surface area contributed by atoms with Crippen LogP contribution in [0.4, 0.5) is 22.0 Å². The molecule has 0 spiro atoms. The van der Waals surface area contributed by atoms with Gasteiger partial charge < -0.3 is 15.4 Å². The molecule has 0 aliphatic rings. The lowest BCUT2D eigenvalue weighted by Gasteiger charge is -2.22. The van der Waals surface area contributed by atoms with E-state index in [-0.39, 0.29) is 36.2 Å². The largest absolute Gasteiger partial charge is 0.488 e. The van der Waals surface area contributed by atoms with Crippen molar-refractivity contribution in [1.82, 2.24) is 20.2 Å². The average Bonchev–Trinajstić information content (AvgIpc) is 3.11. The second kappa shape index (κ2) is 9.97. The van der Waals surface area contributed by atoms with E-state index in [1.807, 2.05) is 0 Å². The topological polar surface area (TPSA) is 63.5 Å². The lowest BCUT2D eigenvalue weighted by atomic mass is 10.1. The van der Waals surface area contributed by atoms with E-state index in [0.29, 0.717) is 11.1 Å². The monoisotopic (exact) mass is 447 g/mol. The van der Waals surface area contributed by atoms with E-state index < -0.39 is 23.9 Å². The van der Waals surface area contributed by atoms with Gasteiger partial charge in [0.15, 0.2) is 5.96 Å². The minimum Gasteiger partial charge on any atom is -0.488 e. The van der Waals surface area contributed by atoms with E-state index in [4.69, 9.17) is 4.74 Å². The van der Waals surface area contributed by atoms with Crippen LogP contribution in [0.1, 0.15) is 51.2 Å². The number of hydrogen-bond acceptors (Lipinski definition) is 3. The number of aliphatic imine (C=N–C) groups is 1. The zero-order chi connectivity index (χ0) is 23.2. The predicted octanol–water partition coefficient (Wildman–Crippen LogP) is 4.73. The number of guanidine groups is 1. The van der Waals surface area contributed by atoms with Crippen LogP contribution >= 0.6 is 0 Å². The van der Waals surface area contributed by atoms with E-state index in [1.165, 1.54) is 18.3 Å². The average molecular weight is 447 g/mol. The summed E-state index contributed by atoms with van der Waals surface area (Å²) < 4.78 is 72.8. The van der Waals surface area contributed by atoms with Crippen molar-refractivity contribution in [2.24, 2.45) is 4.99 Å². The summed E-state index contributed by atoms with van der Waals surface area (Å²) in [6, 6.07) is 3.74. The standard InChI is InChI=1S/C20H26F5N5O/c1-5-26-18(29-12-16-27-8-9-30(16)17(21)22)28-11-13-6-7-14(31-19(2,3)4)10-15(13)20(23,24)25/h6-10,17H,5,11-12H2,1-4H3,(H2,26,28,29). The van der Waals surface area contributed by atoms with Gasteiger partial charge in [0, 0.05) is 18.9 Å². The highest BCUT2D eigenvalue weighted by Crippen LogP contribution is 2.35. The molecule has 0 saturated carbocycles. The minimum atomic E-state index is -4.59. The Hall–Kier alpha value is -2.85. The van der Waals surface area contributed by atoms with Crippen LogP contribution in [0.25, 0.3) is 0 Å². The maximum atomic E-state index is 13.6. The van der Waals surface area contributed by atoms with E-state index in [9.17, 15) is 22.0 Å². The van der Waals surface area contributed by atoms with Crippen molar-refractivity contribution in [2.45, 2.75) is 59.1 Å². The third-order valence-electron chi connectivity index (χ3n) is 3.94. The Bertz CT molecular complexity index is 887. The molecule has 0 amide bonds. The van der Waals surface area contributed by atoms with Crippen molar-refractivity contribution < 1.29 is 26.7 Å². The van der Waals surface area contributed by atoms with Gasteiger partial charge in [0.05, 0.1) is 18.7 Å². The van der Waals surface area contributed by atoms with Crippen LogP contribution in [0.2, 0.25) is 0 Å². The van der Waals surface area contributed by atoms with Crippen LogP contribution < -0.4 is 15.4 Å². The van der Waals surface area contributed by atoms with E-state index in [1.54, 1.807) is 27.7 Å². The second-order valence-corrected chi connectivity index (χ2v) is 7.61. The third-order valence-corrected chi connectivity index (χ3v) is 3.94. The molecule has 2 rings (SSSR count). The Morgan fingerprint density at radius 3 is 2.48 bits per heavy atom. The molecule has 2 N–H and O–H groups in total. The Morgan fingerprint density at radius 1 is 1.19 bits per heavy atom. The summed E-state index contributed by atoms with van der Waals surface area (Å²) in [5.74, 6) is 0.353. The van der Waals surface area contributed by atoms with Crippen molar-refractivity contribution >= 4 is 5.96 Å². The van der Waals surface area contributed by atoms with Crippen LogP contribution in [-0.2, 0) is 19.3 Å². The first-order valence-electron chi connectivity index (χ1n) is 9.62. The van der Waals surface area contributed by atoms with Gasteiger partial charge in [-0.15, -0.1) is 0 Å². The first kappa shape index (κ1) is 24.4. The van der Waals surface area contributed by atoms with Gasteiger partial charge in [-0.25, -0.2) is 9.98 Å². The number of halogens is 5. The fourth-order valence-electron chi connectivity index (χ4n) is 2.70. The highest BCUT2D eigenvalue weighted by Gasteiger charge is 2.34. The number of nitrogens with one attached hydrogen (secondary N) is 2. The van der Waals surface area contributed by atoms with Crippen LogP contribution in [0.15, 0.2) is 35.6 Å². The van der Waals surface area contributed by atoms with Crippen molar-refractivity contribution in [3.8, 4) is 5.75 Å². The molecule has 1 aromatic heterocycles. The molecule has 1 heterocycles. The van der Waals surface area contributed by atoms with Crippen LogP contribution in [0.5, 0.6) is 5.75 Å². The van der Waals surface area contributed by atoms with E-state index in [0.717, 1.165) is 12.3 Å². The molecule has 0 bridgehead atoms. The first-order valence-corrected chi connectivity index (χ1v) is 9.62. The Balaban J connectivity index is 2.21. The fraction of sp³-hybridized carbons (Fsp3) is 0.500. The molecule has 1 aromatic carbocycles. The molecule has 2 aromatic rings. The molecule has 11 heteroatoms. The zero-order valence-corrected chi connectivity index (χ0v) is 17.7. The Morgan fingerprint density at radius 2 is 1.90 bits per heavy atom. The van der Waals surface area contributed by atoms with Crippen molar-refractivity contribution in [2.75, 3.05) is 6.54 Å². The van der Waals surface area contributed by atoms with Gasteiger partial charge in [-0.2, -0.15) is 22.0 Å². The molecule has 0 atom stereocenters. The van der Waals surface area contributed by atoms with Gasteiger partial charge in [-0.05, 0) is 45.4 Å². The maximum Gasteiger partial charge on any atom is 0.416 e. The molecule has 0 saturated heterocycles. The van der Waals surface area contributed by atoms with Crippen molar-refractivity contribution in [3.63, 3.8) is 0 Å². The number of ether oxygens (including phenoxy) is 1. The normalized spacial score (nSPS) is 12.9. The molecular formula is C20H26F5N5O. The molecule has 0 aliphatic heterocycles. The number of aromatic nitrogens is 2. The van der Waals surface area contributed by atoms with Crippen molar-refractivity contribution in [1.29, 1.82) is 0 Å². The number of nitrogens with zero attached hydrogens (tertiary/aromatic N) is 3. The SMILES string of the molecule is CCNC(=NCc1ccc(OC(C)(C)C)cc1C(F)(F)F)NCc1nccn1C(F)F. The number of alkyl halides is 5. The smallest absolute Gasteiger partial charge is 0.416 e. The molecular weight excluding hydrogens is 421 g/mol. The summed E-state index contributed by atoms with van der Waals surface area (Å²) in [4.78, 5) is 8.01. The minimum absolute atomic E-state index is 0.0416. The third kappa shape index (κ3) is 7.41. The zero-order valence-electron chi connectivity index (χ0n) is 17.7. The van der Waals surface area contributed by atoms with Crippen molar-refractivity contribution in [3.05, 3.63) is 47.5 Å². The summed E-state index contributed by atoms with van der Waals surface area (Å²) in [7, 11) is 0. The van der Waals surface area contributed by atoms with Crippen LogP contribution in [0.3, 0.4) is 0 Å². The van der Waals surface area contributed by atoms with E-state index >= 15 is 0 Å². The van der Waals surface area contributed by atoms with Gasteiger partial charge >= 0.3 is 12.7 Å². The summed E-state index contributed by atoms with van der Waals surface area (Å²) in [5, 5.41) is 5.68.